The van der Waals surface area contributed by atoms with Crippen molar-refractivity contribution >= 4 is 21.4 Å². The first kappa shape index (κ1) is 16.4. The summed E-state index contributed by atoms with van der Waals surface area (Å²) in [5.74, 6) is 0. The number of hydrogen-bond acceptors (Lipinski definition) is 4. The summed E-state index contributed by atoms with van der Waals surface area (Å²) in [4.78, 5) is 1.41. The lowest BCUT2D eigenvalue weighted by atomic mass is 10.2. The molecule has 1 unspecified atom stereocenters. The van der Waals surface area contributed by atoms with Crippen LogP contribution in [0.4, 0.5) is 0 Å². The van der Waals surface area contributed by atoms with Gasteiger partial charge >= 0.3 is 0 Å². The minimum atomic E-state index is 0.414. The van der Waals surface area contributed by atoms with Crippen molar-refractivity contribution in [2.24, 2.45) is 0 Å². The number of rotatable bonds is 10. The zero-order chi connectivity index (χ0) is 14.9. The first-order valence-electron chi connectivity index (χ1n) is 7.60. The van der Waals surface area contributed by atoms with Gasteiger partial charge in [-0.3, -0.25) is 0 Å². The molecule has 21 heavy (non-hydrogen) atoms. The first-order valence-corrected chi connectivity index (χ1v) is 8.41. The minimum Gasteiger partial charge on any atom is -0.382 e. The zero-order valence-corrected chi connectivity index (χ0v) is 13.7. The number of benzene rings is 1. The van der Waals surface area contributed by atoms with Gasteiger partial charge in [-0.05, 0) is 43.8 Å². The van der Waals surface area contributed by atoms with E-state index in [1.54, 1.807) is 7.11 Å². The molecule has 116 valence electrons. The summed E-state index contributed by atoms with van der Waals surface area (Å²) in [6.45, 7) is 5.47. The summed E-state index contributed by atoms with van der Waals surface area (Å²) in [6, 6.07) is 11.3. The summed E-state index contributed by atoms with van der Waals surface area (Å²) < 4.78 is 11.8. The monoisotopic (exact) mass is 307 g/mol. The molecule has 1 aromatic heterocycles. The molecule has 0 spiro atoms. The lowest BCUT2D eigenvalue weighted by Crippen LogP contribution is -2.19. The Balaban J connectivity index is 1.64. The predicted octanol–water partition coefficient (Wildman–Crippen LogP) is 4.00. The maximum atomic E-state index is 5.45. The highest BCUT2D eigenvalue weighted by atomic mass is 32.1. The molecule has 0 aliphatic carbocycles. The van der Waals surface area contributed by atoms with Crippen LogP contribution in [0.25, 0.3) is 10.1 Å². The van der Waals surface area contributed by atoms with Gasteiger partial charge in [0.25, 0.3) is 0 Å². The molecule has 3 nitrogen and oxygen atoms in total. The van der Waals surface area contributed by atoms with Crippen LogP contribution in [0.1, 0.15) is 30.7 Å². The number of fused-ring (bicyclic) bond motifs is 1. The summed E-state index contributed by atoms with van der Waals surface area (Å²) in [6.07, 6.45) is 2.23. The van der Waals surface area contributed by atoms with Crippen molar-refractivity contribution in [3.63, 3.8) is 0 Å². The Morgan fingerprint density at radius 3 is 2.81 bits per heavy atom. The number of nitrogens with one attached hydrogen (secondary N) is 1. The van der Waals surface area contributed by atoms with Crippen molar-refractivity contribution < 1.29 is 9.47 Å². The molecule has 1 heterocycles. The Kier molecular flexibility index (Phi) is 7.16. The fraction of sp³-hybridized carbons (Fsp3) is 0.529. The lowest BCUT2D eigenvalue weighted by molar-refractivity contribution is 0.0687. The van der Waals surface area contributed by atoms with Gasteiger partial charge in [-0.25, -0.2) is 0 Å². The maximum absolute atomic E-state index is 5.45. The molecule has 0 saturated heterocycles. The Morgan fingerprint density at radius 2 is 2.00 bits per heavy atom. The fourth-order valence-electron chi connectivity index (χ4n) is 2.21. The van der Waals surface area contributed by atoms with Crippen LogP contribution < -0.4 is 5.32 Å². The summed E-state index contributed by atoms with van der Waals surface area (Å²) in [5.41, 5.74) is 0. The molecule has 0 aliphatic heterocycles. The predicted molar refractivity (Wildman–Crippen MR) is 90.2 cm³/mol. The van der Waals surface area contributed by atoms with Gasteiger partial charge in [0.05, 0.1) is 13.2 Å². The summed E-state index contributed by atoms with van der Waals surface area (Å²) in [7, 11) is 1.70. The third-order valence-corrected chi connectivity index (χ3v) is 4.77. The summed E-state index contributed by atoms with van der Waals surface area (Å²) >= 11 is 1.88. The molecule has 0 bridgehead atoms. The lowest BCUT2D eigenvalue weighted by Gasteiger charge is -2.11. The van der Waals surface area contributed by atoms with E-state index >= 15 is 0 Å². The molecule has 4 heteroatoms. The highest BCUT2D eigenvalue weighted by Crippen LogP contribution is 2.29. The molecule has 1 aromatic carbocycles. The molecule has 0 aliphatic rings. The normalized spacial score (nSPS) is 12.9. The van der Waals surface area contributed by atoms with E-state index in [4.69, 9.17) is 9.47 Å². The van der Waals surface area contributed by atoms with Crippen molar-refractivity contribution in [3.8, 4) is 0 Å². The van der Waals surface area contributed by atoms with Crippen molar-refractivity contribution in [1.82, 2.24) is 5.32 Å². The van der Waals surface area contributed by atoms with E-state index in [-0.39, 0.29) is 0 Å². The number of hydrogen-bond donors (Lipinski definition) is 1. The SMILES string of the molecule is COCCOCCCCNC(C)c1cc2ccccc2s1. The van der Waals surface area contributed by atoms with Gasteiger partial charge in [-0.1, -0.05) is 18.2 Å². The van der Waals surface area contributed by atoms with Gasteiger partial charge in [-0.15, -0.1) is 11.3 Å². The average molecular weight is 307 g/mol. The number of methoxy groups -OCH3 is 1. The van der Waals surface area contributed by atoms with Crippen LogP contribution in [-0.4, -0.2) is 33.5 Å². The van der Waals surface area contributed by atoms with Gasteiger partial charge in [0.2, 0.25) is 0 Å². The van der Waals surface area contributed by atoms with Gasteiger partial charge < -0.3 is 14.8 Å². The van der Waals surface area contributed by atoms with Crippen molar-refractivity contribution in [2.75, 3.05) is 33.5 Å². The third kappa shape index (κ3) is 5.40. The smallest absolute Gasteiger partial charge is 0.0700 e. The highest BCUT2D eigenvalue weighted by molar-refractivity contribution is 7.19. The van der Waals surface area contributed by atoms with E-state index in [0.29, 0.717) is 19.3 Å². The van der Waals surface area contributed by atoms with Crippen LogP contribution in [0, 0.1) is 0 Å². The molecular formula is C17H25NO2S. The van der Waals surface area contributed by atoms with Crippen LogP contribution in [0.2, 0.25) is 0 Å². The van der Waals surface area contributed by atoms with E-state index in [1.807, 2.05) is 11.3 Å². The fourth-order valence-corrected chi connectivity index (χ4v) is 3.30. The van der Waals surface area contributed by atoms with E-state index in [2.05, 4.69) is 42.6 Å². The van der Waals surface area contributed by atoms with Crippen LogP contribution in [-0.2, 0) is 9.47 Å². The largest absolute Gasteiger partial charge is 0.382 e. The zero-order valence-electron chi connectivity index (χ0n) is 12.9. The maximum Gasteiger partial charge on any atom is 0.0700 e. The van der Waals surface area contributed by atoms with E-state index in [1.165, 1.54) is 15.0 Å². The average Bonchev–Trinajstić information content (AvgIpc) is 2.94. The molecule has 0 saturated carbocycles. The Bertz CT molecular complexity index is 493. The minimum absolute atomic E-state index is 0.414. The molecule has 2 aromatic rings. The van der Waals surface area contributed by atoms with Crippen molar-refractivity contribution in [1.29, 1.82) is 0 Å². The highest BCUT2D eigenvalue weighted by Gasteiger charge is 2.08. The molecule has 0 amide bonds. The van der Waals surface area contributed by atoms with Crippen LogP contribution >= 0.6 is 11.3 Å². The van der Waals surface area contributed by atoms with Crippen LogP contribution in [0.5, 0.6) is 0 Å². The van der Waals surface area contributed by atoms with Gasteiger partial charge in [0, 0.05) is 29.3 Å². The van der Waals surface area contributed by atoms with E-state index < -0.39 is 0 Å². The number of unbranched alkanes of at least 4 members (excludes halogenated alkanes) is 1. The molecule has 0 fully saturated rings. The molecular weight excluding hydrogens is 282 g/mol. The molecule has 1 atom stereocenters. The Hall–Kier alpha value is -0.940. The molecule has 1 N–H and O–H groups in total. The second-order valence-corrected chi connectivity index (χ2v) is 6.29. The number of thiophene rings is 1. The Labute approximate surface area is 131 Å². The van der Waals surface area contributed by atoms with Crippen LogP contribution in [0.3, 0.4) is 0 Å². The van der Waals surface area contributed by atoms with Crippen molar-refractivity contribution in [3.05, 3.63) is 35.2 Å². The van der Waals surface area contributed by atoms with Crippen molar-refractivity contribution in [2.45, 2.75) is 25.8 Å². The number of ether oxygens (including phenoxy) is 2. The van der Waals surface area contributed by atoms with Gasteiger partial charge in [0.15, 0.2) is 0 Å². The van der Waals surface area contributed by atoms with E-state index in [9.17, 15) is 0 Å². The van der Waals surface area contributed by atoms with E-state index in [0.717, 1.165) is 26.0 Å². The quantitative estimate of drug-likeness (QED) is 0.673. The second kappa shape index (κ2) is 9.15. The Morgan fingerprint density at radius 1 is 1.14 bits per heavy atom. The standard InChI is InChI=1S/C17H25NO2S/c1-14(18-9-5-6-10-20-12-11-19-2)17-13-15-7-3-4-8-16(15)21-17/h3-4,7-8,13-14,18H,5-6,9-12H2,1-2H3. The second-order valence-electron chi connectivity index (χ2n) is 5.17. The van der Waals surface area contributed by atoms with Gasteiger partial charge in [0.1, 0.15) is 0 Å². The summed E-state index contributed by atoms with van der Waals surface area (Å²) in [5, 5.41) is 4.94. The van der Waals surface area contributed by atoms with Crippen LogP contribution in [0.15, 0.2) is 30.3 Å². The molecule has 2 rings (SSSR count). The van der Waals surface area contributed by atoms with Gasteiger partial charge in [-0.2, -0.15) is 0 Å². The topological polar surface area (TPSA) is 30.5 Å². The molecule has 0 radical (unpaired) electrons. The third-order valence-electron chi connectivity index (χ3n) is 3.47. The first-order chi connectivity index (χ1) is 10.3.